The number of rotatable bonds is 6. The number of nitrogens with one attached hydrogen (secondary N) is 1. The lowest BCUT2D eigenvalue weighted by Crippen LogP contribution is -2.36. The Kier molecular flexibility index (Phi) is 7.12. The van der Waals surface area contributed by atoms with E-state index in [2.05, 4.69) is 0 Å². The quantitative estimate of drug-likeness (QED) is 0.242. The first-order valence-electron chi connectivity index (χ1n) is 11.0. The molecule has 0 unspecified atom stereocenters. The average Bonchev–Trinajstić information content (AvgIpc) is 2.90. The van der Waals surface area contributed by atoms with E-state index >= 15 is 0 Å². The number of hydroxylamine groups is 1. The Morgan fingerprint density at radius 2 is 1.71 bits per heavy atom. The number of carbonyl (C=O) groups is 2. The Hall–Kier alpha value is -4.17. The standard InChI is InChI=1S/C27H25FN2O5/c1-34-23-10-7-19(25(15-23)35-2)14-24(18-5-8-22(28)9-6-18)27(32)30-12-11-17-3-4-20(26(31)29-33)13-21(17)16-30/h3-10,13-15,33H,11-12,16H2,1-2H3,(H,29,31)/b24-14-. The lowest BCUT2D eigenvalue weighted by molar-refractivity contribution is -0.125. The first-order chi connectivity index (χ1) is 16.9. The second-order valence-electron chi connectivity index (χ2n) is 8.07. The van der Waals surface area contributed by atoms with Gasteiger partial charge in [-0.2, -0.15) is 0 Å². The Labute approximate surface area is 202 Å². The highest BCUT2D eigenvalue weighted by molar-refractivity contribution is 6.24. The minimum atomic E-state index is -0.616. The maximum absolute atomic E-state index is 13.8. The summed E-state index contributed by atoms with van der Waals surface area (Å²) in [7, 11) is 3.09. The zero-order valence-corrected chi connectivity index (χ0v) is 19.4. The fourth-order valence-electron chi connectivity index (χ4n) is 4.10. The van der Waals surface area contributed by atoms with Crippen molar-refractivity contribution < 1.29 is 28.7 Å². The van der Waals surface area contributed by atoms with Crippen LogP contribution in [0.5, 0.6) is 11.5 Å². The van der Waals surface area contributed by atoms with Crippen molar-refractivity contribution in [3.05, 3.63) is 94.3 Å². The highest BCUT2D eigenvalue weighted by Gasteiger charge is 2.25. The molecule has 4 rings (SSSR count). The van der Waals surface area contributed by atoms with E-state index in [1.807, 2.05) is 6.07 Å². The average molecular weight is 477 g/mol. The molecule has 2 amide bonds. The number of ether oxygens (including phenoxy) is 2. The molecule has 3 aromatic carbocycles. The van der Waals surface area contributed by atoms with Gasteiger partial charge < -0.3 is 14.4 Å². The Bertz CT molecular complexity index is 1290. The van der Waals surface area contributed by atoms with Gasteiger partial charge in [-0.25, -0.2) is 9.87 Å². The molecule has 0 spiro atoms. The molecule has 2 N–H and O–H groups in total. The summed E-state index contributed by atoms with van der Waals surface area (Å²) < 4.78 is 24.4. The van der Waals surface area contributed by atoms with Gasteiger partial charge in [0.15, 0.2) is 0 Å². The van der Waals surface area contributed by atoms with Crippen LogP contribution in [-0.4, -0.2) is 42.7 Å². The highest BCUT2D eigenvalue weighted by atomic mass is 19.1. The largest absolute Gasteiger partial charge is 0.497 e. The van der Waals surface area contributed by atoms with E-state index < -0.39 is 11.7 Å². The van der Waals surface area contributed by atoms with Crippen LogP contribution in [0.4, 0.5) is 4.39 Å². The molecule has 0 saturated carbocycles. The van der Waals surface area contributed by atoms with Gasteiger partial charge in [-0.3, -0.25) is 14.8 Å². The van der Waals surface area contributed by atoms with Crippen molar-refractivity contribution in [2.75, 3.05) is 20.8 Å². The normalized spacial score (nSPS) is 13.1. The monoisotopic (exact) mass is 476 g/mol. The summed E-state index contributed by atoms with van der Waals surface area (Å²) in [5, 5.41) is 8.95. The lowest BCUT2D eigenvalue weighted by atomic mass is 9.95. The summed E-state index contributed by atoms with van der Waals surface area (Å²) in [6, 6.07) is 16.2. The number of carbonyl (C=O) groups excluding carboxylic acids is 2. The topological polar surface area (TPSA) is 88.1 Å². The minimum Gasteiger partial charge on any atom is -0.497 e. The SMILES string of the molecule is COc1ccc(/C=C(\C(=O)N2CCc3ccc(C(=O)NO)cc3C2)c2ccc(F)cc2)c(OC)c1. The van der Waals surface area contributed by atoms with Gasteiger partial charge >= 0.3 is 0 Å². The van der Waals surface area contributed by atoms with Gasteiger partial charge in [0.2, 0.25) is 0 Å². The number of methoxy groups -OCH3 is 2. The molecule has 0 atom stereocenters. The number of hydrogen-bond donors (Lipinski definition) is 2. The molecular formula is C27H25FN2O5. The van der Waals surface area contributed by atoms with Crippen molar-refractivity contribution in [1.29, 1.82) is 0 Å². The molecule has 3 aromatic rings. The van der Waals surface area contributed by atoms with Crippen molar-refractivity contribution in [2.24, 2.45) is 0 Å². The van der Waals surface area contributed by atoms with Crippen molar-refractivity contribution in [3.8, 4) is 11.5 Å². The van der Waals surface area contributed by atoms with Crippen LogP contribution in [0.15, 0.2) is 60.7 Å². The third-order valence-corrected chi connectivity index (χ3v) is 6.00. The van der Waals surface area contributed by atoms with Gasteiger partial charge in [0.1, 0.15) is 17.3 Å². The van der Waals surface area contributed by atoms with Crippen molar-refractivity contribution in [1.82, 2.24) is 10.4 Å². The first kappa shape index (κ1) is 24.0. The van der Waals surface area contributed by atoms with Crippen molar-refractivity contribution >= 4 is 23.5 Å². The van der Waals surface area contributed by atoms with E-state index in [0.29, 0.717) is 53.3 Å². The molecule has 0 aromatic heterocycles. The lowest BCUT2D eigenvalue weighted by Gasteiger charge is -2.30. The van der Waals surface area contributed by atoms with Gasteiger partial charge in [-0.1, -0.05) is 18.2 Å². The fraction of sp³-hybridized carbons (Fsp3) is 0.185. The van der Waals surface area contributed by atoms with Gasteiger partial charge in [0.25, 0.3) is 11.8 Å². The fourth-order valence-corrected chi connectivity index (χ4v) is 4.10. The second-order valence-corrected chi connectivity index (χ2v) is 8.07. The van der Waals surface area contributed by atoms with Crippen LogP contribution in [0.3, 0.4) is 0 Å². The zero-order valence-electron chi connectivity index (χ0n) is 19.4. The molecule has 0 aliphatic carbocycles. The predicted molar refractivity (Wildman–Crippen MR) is 129 cm³/mol. The summed E-state index contributed by atoms with van der Waals surface area (Å²) in [5.74, 6) is -0.111. The number of hydrogen-bond acceptors (Lipinski definition) is 5. The summed E-state index contributed by atoms with van der Waals surface area (Å²) in [5.41, 5.74) is 5.40. The van der Waals surface area contributed by atoms with E-state index in [0.717, 1.165) is 11.1 Å². The van der Waals surface area contributed by atoms with Gasteiger partial charge in [-0.05, 0) is 65.6 Å². The van der Waals surface area contributed by atoms with E-state index in [1.54, 1.807) is 66.0 Å². The molecule has 7 nitrogen and oxygen atoms in total. The van der Waals surface area contributed by atoms with E-state index in [4.69, 9.17) is 14.7 Å². The molecule has 0 radical (unpaired) electrons. The summed E-state index contributed by atoms with van der Waals surface area (Å²) >= 11 is 0. The molecular weight excluding hydrogens is 451 g/mol. The first-order valence-corrected chi connectivity index (χ1v) is 11.0. The number of fused-ring (bicyclic) bond motifs is 1. The highest BCUT2D eigenvalue weighted by Crippen LogP contribution is 2.31. The number of nitrogens with zero attached hydrogens (tertiary/aromatic N) is 1. The van der Waals surface area contributed by atoms with Gasteiger partial charge in [0.05, 0.1) is 14.2 Å². The molecule has 1 heterocycles. The maximum atomic E-state index is 13.8. The van der Waals surface area contributed by atoms with E-state index in [9.17, 15) is 14.0 Å². The molecule has 0 fully saturated rings. The molecule has 1 aliphatic heterocycles. The number of halogens is 1. The third kappa shape index (κ3) is 5.17. The smallest absolute Gasteiger partial charge is 0.274 e. The third-order valence-electron chi connectivity index (χ3n) is 6.00. The van der Waals surface area contributed by atoms with Crippen molar-refractivity contribution in [2.45, 2.75) is 13.0 Å². The van der Waals surface area contributed by atoms with E-state index in [1.165, 1.54) is 19.2 Å². The number of benzene rings is 3. The molecule has 180 valence electrons. The van der Waals surface area contributed by atoms with Crippen LogP contribution in [-0.2, 0) is 17.8 Å². The zero-order chi connectivity index (χ0) is 24.9. The maximum Gasteiger partial charge on any atom is 0.274 e. The van der Waals surface area contributed by atoms with Crippen LogP contribution in [0.2, 0.25) is 0 Å². The molecule has 0 saturated heterocycles. The van der Waals surface area contributed by atoms with Crippen LogP contribution >= 0.6 is 0 Å². The Morgan fingerprint density at radius 3 is 2.40 bits per heavy atom. The molecule has 8 heteroatoms. The second kappa shape index (κ2) is 10.4. The van der Waals surface area contributed by atoms with Crippen LogP contribution in [0.25, 0.3) is 11.6 Å². The van der Waals surface area contributed by atoms with Crippen LogP contribution in [0, 0.1) is 5.82 Å². The van der Waals surface area contributed by atoms with Gasteiger partial charge in [-0.15, -0.1) is 0 Å². The summed E-state index contributed by atoms with van der Waals surface area (Å²) in [4.78, 5) is 27.3. The number of amides is 2. The molecule has 1 aliphatic rings. The minimum absolute atomic E-state index is 0.239. The molecule has 35 heavy (non-hydrogen) atoms. The van der Waals surface area contributed by atoms with Crippen molar-refractivity contribution in [3.63, 3.8) is 0 Å². The van der Waals surface area contributed by atoms with E-state index in [-0.39, 0.29) is 5.91 Å². The van der Waals surface area contributed by atoms with Crippen LogP contribution in [0.1, 0.15) is 32.6 Å². The van der Waals surface area contributed by atoms with Gasteiger partial charge in [0, 0.05) is 35.9 Å². The molecule has 0 bridgehead atoms. The predicted octanol–water partition coefficient (Wildman–Crippen LogP) is 4.09. The van der Waals surface area contributed by atoms with Crippen LogP contribution < -0.4 is 15.0 Å². The Balaban J connectivity index is 1.72. The Morgan fingerprint density at radius 1 is 0.971 bits per heavy atom. The summed E-state index contributed by atoms with van der Waals surface area (Å²) in [6.45, 7) is 0.772. The summed E-state index contributed by atoms with van der Waals surface area (Å²) in [6.07, 6.45) is 2.34.